The zero-order valence-electron chi connectivity index (χ0n) is 8.37. The first-order valence-electron chi connectivity index (χ1n) is 4.63. The quantitative estimate of drug-likeness (QED) is 0.646. The number of carbonyl (C=O) groups is 1. The predicted octanol–water partition coefficient (Wildman–Crippen LogP) is 0.992. The van der Waals surface area contributed by atoms with Crippen molar-refractivity contribution in [1.29, 1.82) is 0 Å². The van der Waals surface area contributed by atoms with Crippen molar-refractivity contribution in [2.75, 3.05) is 26.7 Å². The number of hydrogen-bond donors (Lipinski definition) is 0. The van der Waals surface area contributed by atoms with Gasteiger partial charge in [-0.25, -0.2) is 8.78 Å². The Balaban J connectivity index is 2.47. The summed E-state index contributed by atoms with van der Waals surface area (Å²) >= 11 is 0. The van der Waals surface area contributed by atoms with E-state index in [1.165, 1.54) is 7.11 Å². The van der Waals surface area contributed by atoms with Crippen LogP contribution in [0.15, 0.2) is 0 Å². The van der Waals surface area contributed by atoms with Crippen LogP contribution in [0, 0.1) is 11.8 Å². The number of ether oxygens (including phenoxy) is 1. The number of halogens is 2. The van der Waals surface area contributed by atoms with Crippen molar-refractivity contribution in [2.24, 2.45) is 11.8 Å². The maximum atomic E-state index is 12.1. The minimum atomic E-state index is -2.33. The van der Waals surface area contributed by atoms with E-state index in [0.717, 1.165) is 0 Å². The van der Waals surface area contributed by atoms with E-state index in [2.05, 4.69) is 4.74 Å². The molecule has 2 atom stereocenters. The molecule has 14 heavy (non-hydrogen) atoms. The highest BCUT2D eigenvalue weighted by Crippen LogP contribution is 2.24. The summed E-state index contributed by atoms with van der Waals surface area (Å²) in [5.41, 5.74) is 0. The Labute approximate surface area is 82.0 Å². The van der Waals surface area contributed by atoms with E-state index >= 15 is 0 Å². The molecule has 0 amide bonds. The molecule has 3 nitrogen and oxygen atoms in total. The van der Waals surface area contributed by atoms with E-state index in [9.17, 15) is 13.6 Å². The maximum absolute atomic E-state index is 12.1. The highest BCUT2D eigenvalue weighted by atomic mass is 19.3. The van der Waals surface area contributed by atoms with E-state index in [1.54, 1.807) is 4.90 Å². The second-order valence-corrected chi connectivity index (χ2v) is 3.72. The number of nitrogens with zero attached hydrogens (tertiary/aromatic N) is 1. The normalized spacial score (nSPS) is 28.4. The zero-order chi connectivity index (χ0) is 10.7. The lowest BCUT2D eigenvalue weighted by molar-refractivity contribution is -0.146. The molecule has 0 spiro atoms. The molecule has 0 saturated carbocycles. The lowest BCUT2D eigenvalue weighted by atomic mass is 9.99. The Morgan fingerprint density at radius 3 is 2.71 bits per heavy atom. The van der Waals surface area contributed by atoms with Crippen molar-refractivity contribution in [1.82, 2.24) is 4.90 Å². The van der Waals surface area contributed by atoms with E-state index in [1.807, 2.05) is 6.92 Å². The molecule has 0 aliphatic carbocycles. The molecule has 0 radical (unpaired) electrons. The number of methoxy groups -OCH3 is 1. The van der Waals surface area contributed by atoms with Crippen molar-refractivity contribution in [3.8, 4) is 0 Å². The van der Waals surface area contributed by atoms with E-state index in [-0.39, 0.29) is 24.3 Å². The molecular formula is C9H15F2NO2. The van der Waals surface area contributed by atoms with Crippen molar-refractivity contribution in [2.45, 2.75) is 13.3 Å². The average molecular weight is 207 g/mol. The molecule has 0 N–H and O–H groups in total. The number of rotatable bonds is 3. The van der Waals surface area contributed by atoms with E-state index < -0.39 is 6.43 Å². The Morgan fingerprint density at radius 2 is 2.21 bits per heavy atom. The van der Waals surface area contributed by atoms with Gasteiger partial charge in [-0.2, -0.15) is 0 Å². The van der Waals surface area contributed by atoms with Crippen molar-refractivity contribution >= 4 is 5.97 Å². The summed E-state index contributed by atoms with van der Waals surface area (Å²) in [5.74, 6) is -0.450. The Morgan fingerprint density at radius 1 is 1.57 bits per heavy atom. The van der Waals surface area contributed by atoms with Gasteiger partial charge >= 0.3 is 5.97 Å². The van der Waals surface area contributed by atoms with Crippen LogP contribution in [0.4, 0.5) is 8.78 Å². The van der Waals surface area contributed by atoms with Gasteiger partial charge in [-0.05, 0) is 5.92 Å². The molecule has 0 aromatic rings. The molecule has 1 aliphatic rings. The van der Waals surface area contributed by atoms with Gasteiger partial charge in [0.1, 0.15) is 0 Å². The third-order valence-electron chi connectivity index (χ3n) is 2.59. The number of carbonyl (C=O) groups excluding carboxylic acids is 1. The van der Waals surface area contributed by atoms with E-state index in [4.69, 9.17) is 0 Å². The Hall–Kier alpha value is -0.710. The van der Waals surface area contributed by atoms with Crippen LogP contribution >= 0.6 is 0 Å². The molecule has 0 aromatic carbocycles. The van der Waals surface area contributed by atoms with Gasteiger partial charge < -0.3 is 4.74 Å². The first kappa shape index (κ1) is 11.4. The van der Waals surface area contributed by atoms with Crippen LogP contribution in [0.2, 0.25) is 0 Å². The van der Waals surface area contributed by atoms with Gasteiger partial charge in [-0.3, -0.25) is 9.69 Å². The summed E-state index contributed by atoms with van der Waals surface area (Å²) < 4.78 is 28.7. The summed E-state index contributed by atoms with van der Waals surface area (Å²) in [6.45, 7) is 2.56. The van der Waals surface area contributed by atoms with Crippen LogP contribution in [-0.4, -0.2) is 44.0 Å². The SMILES string of the molecule is COC(=O)C1CN(CC(F)F)CC1C. The maximum Gasteiger partial charge on any atom is 0.310 e. The third-order valence-corrected chi connectivity index (χ3v) is 2.59. The topological polar surface area (TPSA) is 29.5 Å². The third kappa shape index (κ3) is 2.64. The summed E-state index contributed by atoms with van der Waals surface area (Å²) in [7, 11) is 1.32. The summed E-state index contributed by atoms with van der Waals surface area (Å²) in [5, 5.41) is 0. The number of likely N-dealkylation sites (tertiary alicyclic amines) is 1. The van der Waals surface area contributed by atoms with Crippen LogP contribution in [-0.2, 0) is 9.53 Å². The molecule has 5 heteroatoms. The first-order chi connectivity index (χ1) is 6.54. The molecule has 1 fully saturated rings. The molecule has 1 saturated heterocycles. The fraction of sp³-hybridized carbons (Fsp3) is 0.889. The van der Waals surface area contributed by atoms with Gasteiger partial charge in [0.05, 0.1) is 19.6 Å². The van der Waals surface area contributed by atoms with Gasteiger partial charge in [0.2, 0.25) is 0 Å². The second-order valence-electron chi connectivity index (χ2n) is 3.72. The van der Waals surface area contributed by atoms with Crippen LogP contribution in [0.3, 0.4) is 0 Å². The second kappa shape index (κ2) is 4.68. The lowest BCUT2D eigenvalue weighted by Crippen LogP contribution is -2.28. The van der Waals surface area contributed by atoms with Gasteiger partial charge in [0.15, 0.2) is 0 Å². The largest absolute Gasteiger partial charge is 0.469 e. The molecule has 1 aliphatic heterocycles. The molecule has 2 unspecified atom stereocenters. The lowest BCUT2D eigenvalue weighted by Gasteiger charge is -2.13. The Bertz CT molecular complexity index is 211. The molecular weight excluding hydrogens is 192 g/mol. The fourth-order valence-electron chi connectivity index (χ4n) is 1.87. The number of alkyl halides is 2. The zero-order valence-corrected chi connectivity index (χ0v) is 8.37. The van der Waals surface area contributed by atoms with Gasteiger partial charge in [-0.1, -0.05) is 6.92 Å². The van der Waals surface area contributed by atoms with Crippen LogP contribution in [0.1, 0.15) is 6.92 Å². The molecule has 0 bridgehead atoms. The predicted molar refractivity (Wildman–Crippen MR) is 47.1 cm³/mol. The van der Waals surface area contributed by atoms with Crippen LogP contribution < -0.4 is 0 Å². The van der Waals surface area contributed by atoms with Gasteiger partial charge in [-0.15, -0.1) is 0 Å². The molecule has 1 rings (SSSR count). The van der Waals surface area contributed by atoms with Crippen molar-refractivity contribution in [3.63, 3.8) is 0 Å². The van der Waals surface area contributed by atoms with Gasteiger partial charge in [0, 0.05) is 13.1 Å². The number of esters is 1. The van der Waals surface area contributed by atoms with Crippen molar-refractivity contribution in [3.05, 3.63) is 0 Å². The van der Waals surface area contributed by atoms with Crippen molar-refractivity contribution < 1.29 is 18.3 Å². The summed E-state index contributed by atoms with van der Waals surface area (Å²) in [6, 6.07) is 0. The standard InChI is InChI=1S/C9H15F2NO2/c1-6-3-12(5-8(10)11)4-7(6)9(13)14-2/h6-8H,3-5H2,1-2H3. The van der Waals surface area contributed by atoms with Crippen LogP contribution in [0.25, 0.3) is 0 Å². The average Bonchev–Trinajstić information content (AvgIpc) is 2.44. The van der Waals surface area contributed by atoms with Gasteiger partial charge in [0.25, 0.3) is 6.43 Å². The fourth-order valence-corrected chi connectivity index (χ4v) is 1.87. The first-order valence-corrected chi connectivity index (χ1v) is 4.63. The molecule has 0 aromatic heterocycles. The van der Waals surface area contributed by atoms with Crippen LogP contribution in [0.5, 0.6) is 0 Å². The van der Waals surface area contributed by atoms with E-state index in [0.29, 0.717) is 13.1 Å². The summed E-state index contributed by atoms with van der Waals surface area (Å²) in [4.78, 5) is 12.8. The minimum absolute atomic E-state index is 0.0983. The Kier molecular flexibility index (Phi) is 3.80. The molecule has 1 heterocycles. The minimum Gasteiger partial charge on any atom is -0.469 e. The highest BCUT2D eigenvalue weighted by molar-refractivity contribution is 5.73. The highest BCUT2D eigenvalue weighted by Gasteiger charge is 2.36. The summed E-state index contributed by atoms with van der Waals surface area (Å²) in [6.07, 6.45) is -2.33. The number of hydrogen-bond acceptors (Lipinski definition) is 3. The monoisotopic (exact) mass is 207 g/mol. The molecule has 82 valence electrons. The smallest absolute Gasteiger partial charge is 0.310 e.